The molecular formula is C21H26ClN5O3. The Balaban J connectivity index is 1.20. The molecule has 0 spiro atoms. The maximum Gasteiger partial charge on any atom is 0.410 e. The Hall–Kier alpha value is -2.58. The van der Waals surface area contributed by atoms with E-state index in [0.717, 1.165) is 43.6 Å². The van der Waals surface area contributed by atoms with Crippen LogP contribution >= 0.6 is 11.6 Å². The van der Waals surface area contributed by atoms with Crippen LogP contribution in [-0.2, 0) is 16.1 Å². The number of halogens is 1. The van der Waals surface area contributed by atoms with Crippen molar-refractivity contribution in [2.45, 2.75) is 38.1 Å². The van der Waals surface area contributed by atoms with Crippen LogP contribution in [0.4, 0.5) is 16.3 Å². The van der Waals surface area contributed by atoms with E-state index in [0.29, 0.717) is 30.7 Å². The van der Waals surface area contributed by atoms with Crippen LogP contribution in [0.25, 0.3) is 0 Å². The van der Waals surface area contributed by atoms with Crippen molar-refractivity contribution < 1.29 is 14.3 Å². The lowest BCUT2D eigenvalue weighted by Crippen LogP contribution is -2.42. The molecule has 2 N–H and O–H groups in total. The van der Waals surface area contributed by atoms with Crippen molar-refractivity contribution in [2.75, 3.05) is 36.8 Å². The molecule has 2 aliphatic heterocycles. The summed E-state index contributed by atoms with van der Waals surface area (Å²) in [5.74, 6) is 0.377. The number of ether oxygens (including phenoxy) is 2. The van der Waals surface area contributed by atoms with Crippen molar-refractivity contribution in [2.24, 2.45) is 0 Å². The van der Waals surface area contributed by atoms with Crippen molar-refractivity contribution in [3.05, 3.63) is 47.1 Å². The molecule has 9 heteroatoms. The Morgan fingerprint density at radius 3 is 2.60 bits per heavy atom. The van der Waals surface area contributed by atoms with Gasteiger partial charge in [-0.05, 0) is 24.8 Å². The van der Waals surface area contributed by atoms with Crippen LogP contribution in [0.5, 0.6) is 0 Å². The summed E-state index contributed by atoms with van der Waals surface area (Å²) in [7, 11) is 0. The second kappa shape index (κ2) is 9.49. The normalized spacial score (nSPS) is 19.8. The Morgan fingerprint density at radius 2 is 1.83 bits per heavy atom. The van der Waals surface area contributed by atoms with Gasteiger partial charge in [0.25, 0.3) is 0 Å². The van der Waals surface area contributed by atoms with E-state index in [1.807, 2.05) is 30.3 Å². The van der Waals surface area contributed by atoms with Crippen LogP contribution in [0.15, 0.2) is 36.4 Å². The second-order valence-corrected chi connectivity index (χ2v) is 8.04. The van der Waals surface area contributed by atoms with Crippen LogP contribution in [0.3, 0.4) is 0 Å². The summed E-state index contributed by atoms with van der Waals surface area (Å²) < 4.78 is 11.7. The predicted octanol–water partition coefficient (Wildman–Crippen LogP) is 3.11. The first kappa shape index (κ1) is 20.7. The zero-order valence-electron chi connectivity index (χ0n) is 16.7. The largest absolute Gasteiger partial charge is 0.445 e. The number of aromatic nitrogens is 2. The first-order valence-corrected chi connectivity index (χ1v) is 10.6. The number of amides is 1. The highest BCUT2D eigenvalue weighted by Gasteiger charge is 2.30. The third kappa shape index (κ3) is 5.12. The molecule has 8 nitrogen and oxygen atoms in total. The quantitative estimate of drug-likeness (QED) is 0.777. The van der Waals surface area contributed by atoms with E-state index in [9.17, 15) is 4.79 Å². The molecule has 1 atom stereocenters. The molecule has 30 heavy (non-hydrogen) atoms. The monoisotopic (exact) mass is 431 g/mol. The Morgan fingerprint density at radius 1 is 1.10 bits per heavy atom. The number of nitrogens with two attached hydrogens (primary N) is 1. The maximum atomic E-state index is 12.3. The van der Waals surface area contributed by atoms with E-state index in [1.54, 1.807) is 11.0 Å². The van der Waals surface area contributed by atoms with Gasteiger partial charge in [-0.3, -0.25) is 0 Å². The first-order chi connectivity index (χ1) is 14.6. The predicted molar refractivity (Wildman–Crippen MR) is 114 cm³/mol. The SMILES string of the molecule is Nc1nnc(Cl)cc1N1CC[C@H](OC2CCN(C(=O)OCc3ccccc3)CC2)C1. The number of hydrogen-bond acceptors (Lipinski definition) is 7. The van der Waals surface area contributed by atoms with Crippen LogP contribution < -0.4 is 10.6 Å². The Kier molecular flexibility index (Phi) is 6.54. The highest BCUT2D eigenvalue weighted by molar-refractivity contribution is 6.29. The van der Waals surface area contributed by atoms with Gasteiger partial charge in [-0.15, -0.1) is 10.2 Å². The van der Waals surface area contributed by atoms with Gasteiger partial charge >= 0.3 is 6.09 Å². The molecule has 1 aromatic heterocycles. The molecule has 1 amide bonds. The fourth-order valence-electron chi connectivity index (χ4n) is 3.94. The third-order valence-electron chi connectivity index (χ3n) is 5.55. The molecule has 0 bridgehead atoms. The summed E-state index contributed by atoms with van der Waals surface area (Å²) in [6, 6.07) is 11.4. The van der Waals surface area contributed by atoms with E-state index in [1.165, 1.54) is 0 Å². The highest BCUT2D eigenvalue weighted by atomic mass is 35.5. The molecule has 4 rings (SSSR count). The number of carbonyl (C=O) groups excluding carboxylic acids is 1. The van der Waals surface area contributed by atoms with E-state index < -0.39 is 0 Å². The molecule has 0 radical (unpaired) electrons. The number of carbonyl (C=O) groups is 1. The van der Waals surface area contributed by atoms with Gasteiger partial charge in [-0.1, -0.05) is 41.9 Å². The van der Waals surface area contributed by atoms with E-state index >= 15 is 0 Å². The van der Waals surface area contributed by atoms with Gasteiger partial charge in [0.2, 0.25) is 0 Å². The molecule has 0 saturated carbocycles. The third-order valence-corrected chi connectivity index (χ3v) is 5.73. The molecule has 3 heterocycles. The number of nitrogens with zero attached hydrogens (tertiary/aromatic N) is 4. The van der Waals surface area contributed by atoms with Crippen molar-refractivity contribution in [1.29, 1.82) is 0 Å². The van der Waals surface area contributed by atoms with Crippen LogP contribution in [0.1, 0.15) is 24.8 Å². The number of rotatable bonds is 5. The molecule has 2 saturated heterocycles. The van der Waals surface area contributed by atoms with Gasteiger partial charge < -0.3 is 25.0 Å². The highest BCUT2D eigenvalue weighted by Crippen LogP contribution is 2.29. The minimum Gasteiger partial charge on any atom is -0.445 e. The zero-order valence-corrected chi connectivity index (χ0v) is 17.5. The van der Waals surface area contributed by atoms with Crippen LogP contribution in [0.2, 0.25) is 5.15 Å². The minimum absolute atomic E-state index is 0.123. The molecule has 0 unspecified atom stereocenters. The lowest BCUT2D eigenvalue weighted by molar-refractivity contribution is -0.0323. The molecule has 1 aromatic carbocycles. The second-order valence-electron chi connectivity index (χ2n) is 7.66. The number of anilines is 2. The van der Waals surface area contributed by atoms with Gasteiger partial charge in [0.1, 0.15) is 6.61 Å². The van der Waals surface area contributed by atoms with E-state index in [4.69, 9.17) is 26.8 Å². The van der Waals surface area contributed by atoms with Crippen LogP contribution in [0, 0.1) is 0 Å². The summed E-state index contributed by atoms with van der Waals surface area (Å²) in [6.07, 6.45) is 2.53. The minimum atomic E-state index is -0.262. The molecule has 0 aliphatic carbocycles. The van der Waals surface area contributed by atoms with Crippen molar-refractivity contribution >= 4 is 29.2 Å². The van der Waals surface area contributed by atoms with Crippen molar-refractivity contribution in [3.8, 4) is 0 Å². The number of likely N-dealkylation sites (tertiary alicyclic amines) is 1. The number of piperidine rings is 1. The number of hydrogen-bond donors (Lipinski definition) is 1. The number of nitrogen functional groups attached to an aromatic ring is 1. The molecule has 2 fully saturated rings. The molecule has 2 aliphatic rings. The summed E-state index contributed by atoms with van der Waals surface area (Å²) in [6.45, 7) is 3.16. The fourth-order valence-corrected chi connectivity index (χ4v) is 4.08. The zero-order chi connectivity index (χ0) is 20.9. The molecule has 160 valence electrons. The van der Waals surface area contributed by atoms with Gasteiger partial charge in [0.15, 0.2) is 11.0 Å². The van der Waals surface area contributed by atoms with Gasteiger partial charge in [0, 0.05) is 32.2 Å². The Bertz CT molecular complexity index is 861. The van der Waals surface area contributed by atoms with Gasteiger partial charge in [0.05, 0.1) is 17.9 Å². The van der Waals surface area contributed by atoms with E-state index in [2.05, 4.69) is 15.1 Å². The standard InChI is InChI=1S/C21H26ClN5O3/c22-19-12-18(20(23)25-24-19)27-11-8-17(13-27)30-16-6-9-26(10-7-16)21(28)29-14-15-4-2-1-3-5-15/h1-5,12,16-17H,6-11,13-14H2,(H2,23,25)/t17-/m0/s1. The molecular weight excluding hydrogens is 406 g/mol. The van der Waals surface area contributed by atoms with Crippen molar-refractivity contribution in [1.82, 2.24) is 15.1 Å². The smallest absolute Gasteiger partial charge is 0.410 e. The maximum absolute atomic E-state index is 12.3. The topological polar surface area (TPSA) is 93.8 Å². The fraction of sp³-hybridized carbons (Fsp3) is 0.476. The summed E-state index contributed by atoms with van der Waals surface area (Å²) in [5, 5.41) is 7.98. The average molecular weight is 432 g/mol. The summed E-state index contributed by atoms with van der Waals surface area (Å²) in [4.78, 5) is 16.2. The average Bonchev–Trinajstić information content (AvgIpc) is 3.23. The first-order valence-electron chi connectivity index (χ1n) is 10.2. The lowest BCUT2D eigenvalue weighted by Gasteiger charge is -2.32. The lowest BCUT2D eigenvalue weighted by atomic mass is 10.1. The van der Waals surface area contributed by atoms with Crippen molar-refractivity contribution in [3.63, 3.8) is 0 Å². The van der Waals surface area contributed by atoms with Gasteiger partial charge in [-0.25, -0.2) is 4.79 Å². The van der Waals surface area contributed by atoms with Gasteiger partial charge in [-0.2, -0.15) is 0 Å². The Labute approximate surface area is 180 Å². The van der Waals surface area contributed by atoms with E-state index in [-0.39, 0.29) is 18.3 Å². The van der Waals surface area contributed by atoms with Crippen LogP contribution in [-0.4, -0.2) is 59.6 Å². The summed E-state index contributed by atoms with van der Waals surface area (Å²) in [5.41, 5.74) is 7.73. The summed E-state index contributed by atoms with van der Waals surface area (Å²) >= 11 is 5.95. The number of benzene rings is 1. The molecule has 2 aromatic rings.